The molecule has 22 heavy (non-hydrogen) atoms. The van der Waals surface area contributed by atoms with Gasteiger partial charge in [-0.2, -0.15) is 5.10 Å². The van der Waals surface area contributed by atoms with Gasteiger partial charge >= 0.3 is 0 Å². The van der Waals surface area contributed by atoms with Crippen molar-refractivity contribution in [3.05, 3.63) is 22.0 Å². The Bertz CT molecular complexity index is 652. The minimum Gasteiger partial charge on any atom is -0.301 e. The van der Waals surface area contributed by atoms with E-state index in [9.17, 15) is 4.79 Å². The number of nitrogens with one attached hydrogen (secondary N) is 1. The number of carbonyl (C=O) groups excluding carboxylic acids is 1. The van der Waals surface area contributed by atoms with Crippen LogP contribution in [0.25, 0.3) is 0 Å². The highest BCUT2D eigenvalue weighted by atomic mass is 32.2. The van der Waals surface area contributed by atoms with Crippen LogP contribution in [-0.4, -0.2) is 31.8 Å². The van der Waals surface area contributed by atoms with Gasteiger partial charge in [0.2, 0.25) is 11.1 Å². The molecular weight excluding hydrogens is 318 g/mol. The van der Waals surface area contributed by atoms with Crippen LogP contribution >= 0.6 is 23.1 Å². The summed E-state index contributed by atoms with van der Waals surface area (Å²) in [6.45, 7) is 7.98. The van der Waals surface area contributed by atoms with Crippen molar-refractivity contribution in [2.24, 2.45) is 0 Å². The van der Waals surface area contributed by atoms with E-state index < -0.39 is 0 Å². The second-order valence-electron chi connectivity index (χ2n) is 4.69. The molecule has 6 nitrogen and oxygen atoms in total. The fourth-order valence-electron chi connectivity index (χ4n) is 1.79. The average Bonchev–Trinajstić information content (AvgIpc) is 2.82. The summed E-state index contributed by atoms with van der Waals surface area (Å²) in [5, 5.41) is 12.2. The zero-order valence-electron chi connectivity index (χ0n) is 13.1. The van der Waals surface area contributed by atoms with E-state index in [0.29, 0.717) is 10.3 Å². The van der Waals surface area contributed by atoms with Crippen LogP contribution in [0.1, 0.15) is 35.8 Å². The number of aromatic nitrogens is 4. The zero-order valence-corrected chi connectivity index (χ0v) is 14.8. The molecule has 118 valence electrons. The SMILES string of the molecule is CCc1nnc(SCC(=O)Nc2nc(C)c(C)s2)nc1CC. The first-order valence-electron chi connectivity index (χ1n) is 7.12. The van der Waals surface area contributed by atoms with Gasteiger partial charge in [-0.3, -0.25) is 4.79 Å². The number of thioether (sulfide) groups is 1. The normalized spacial score (nSPS) is 10.7. The van der Waals surface area contributed by atoms with Gasteiger partial charge in [-0.25, -0.2) is 9.97 Å². The van der Waals surface area contributed by atoms with Crippen molar-refractivity contribution in [3.63, 3.8) is 0 Å². The summed E-state index contributed by atoms with van der Waals surface area (Å²) in [6, 6.07) is 0. The zero-order chi connectivity index (χ0) is 16.1. The summed E-state index contributed by atoms with van der Waals surface area (Å²) in [5.41, 5.74) is 2.82. The van der Waals surface area contributed by atoms with E-state index in [4.69, 9.17) is 0 Å². The molecule has 0 aliphatic carbocycles. The van der Waals surface area contributed by atoms with Gasteiger partial charge in [0.25, 0.3) is 0 Å². The van der Waals surface area contributed by atoms with Crippen LogP contribution in [0.2, 0.25) is 0 Å². The Labute approximate surface area is 138 Å². The van der Waals surface area contributed by atoms with E-state index in [1.807, 2.05) is 27.7 Å². The molecule has 2 aromatic rings. The van der Waals surface area contributed by atoms with Crippen molar-refractivity contribution in [2.45, 2.75) is 45.7 Å². The second kappa shape index (κ2) is 7.64. The van der Waals surface area contributed by atoms with Crippen molar-refractivity contribution in [1.82, 2.24) is 20.2 Å². The Kier molecular flexibility index (Phi) is 5.84. The van der Waals surface area contributed by atoms with E-state index in [1.165, 1.54) is 23.1 Å². The lowest BCUT2D eigenvalue weighted by Gasteiger charge is -2.05. The molecule has 0 bridgehead atoms. The maximum atomic E-state index is 11.9. The van der Waals surface area contributed by atoms with Crippen LogP contribution in [0.15, 0.2) is 5.16 Å². The molecule has 2 rings (SSSR count). The van der Waals surface area contributed by atoms with Crippen molar-refractivity contribution >= 4 is 34.1 Å². The standard InChI is InChI=1S/C14H19N5OS2/c1-5-10-11(6-2)18-19-14(16-10)21-7-12(20)17-13-15-8(3)9(4)22-13/h5-7H2,1-4H3,(H,15,17,20). The molecule has 0 saturated heterocycles. The van der Waals surface area contributed by atoms with E-state index in [1.54, 1.807) is 0 Å². The molecule has 1 amide bonds. The Balaban J connectivity index is 1.93. The molecule has 0 aliphatic rings. The maximum Gasteiger partial charge on any atom is 0.236 e. The summed E-state index contributed by atoms with van der Waals surface area (Å²) in [6.07, 6.45) is 1.63. The highest BCUT2D eigenvalue weighted by Gasteiger charge is 2.11. The Morgan fingerprint density at radius 3 is 2.45 bits per heavy atom. The number of aryl methyl sites for hydroxylation is 4. The van der Waals surface area contributed by atoms with Crippen LogP contribution in [-0.2, 0) is 17.6 Å². The molecule has 0 aliphatic heterocycles. The topological polar surface area (TPSA) is 80.7 Å². The van der Waals surface area contributed by atoms with Gasteiger partial charge in [-0.1, -0.05) is 25.6 Å². The second-order valence-corrected chi connectivity index (χ2v) is 6.84. The van der Waals surface area contributed by atoms with Crippen LogP contribution in [0.5, 0.6) is 0 Å². The number of hydrogen-bond donors (Lipinski definition) is 1. The largest absolute Gasteiger partial charge is 0.301 e. The summed E-state index contributed by atoms with van der Waals surface area (Å²) in [7, 11) is 0. The molecular formula is C14H19N5OS2. The average molecular weight is 337 g/mol. The van der Waals surface area contributed by atoms with Crippen molar-refractivity contribution in [3.8, 4) is 0 Å². The van der Waals surface area contributed by atoms with Crippen molar-refractivity contribution in [1.29, 1.82) is 0 Å². The van der Waals surface area contributed by atoms with E-state index >= 15 is 0 Å². The first kappa shape index (κ1) is 16.8. The lowest BCUT2D eigenvalue weighted by Crippen LogP contribution is -2.14. The van der Waals surface area contributed by atoms with Gasteiger partial charge in [0, 0.05) is 4.88 Å². The minimum absolute atomic E-state index is 0.111. The third-order valence-corrected chi connectivity index (χ3v) is 4.92. The van der Waals surface area contributed by atoms with Crippen LogP contribution in [0, 0.1) is 13.8 Å². The number of rotatable bonds is 6. The van der Waals surface area contributed by atoms with E-state index in [-0.39, 0.29) is 11.7 Å². The van der Waals surface area contributed by atoms with Crippen molar-refractivity contribution < 1.29 is 4.79 Å². The molecule has 0 atom stereocenters. The van der Waals surface area contributed by atoms with E-state index in [2.05, 4.69) is 25.5 Å². The van der Waals surface area contributed by atoms with Crippen LogP contribution in [0.3, 0.4) is 0 Å². The molecule has 2 aromatic heterocycles. The summed E-state index contributed by atoms with van der Waals surface area (Å²) in [4.78, 5) is 21.8. The van der Waals surface area contributed by atoms with E-state index in [0.717, 1.165) is 34.8 Å². The maximum absolute atomic E-state index is 11.9. The number of anilines is 1. The predicted octanol–water partition coefficient (Wildman–Crippen LogP) is 2.80. The Morgan fingerprint density at radius 1 is 1.14 bits per heavy atom. The number of carbonyl (C=O) groups is 1. The first-order valence-corrected chi connectivity index (χ1v) is 8.92. The van der Waals surface area contributed by atoms with Crippen LogP contribution in [0.4, 0.5) is 5.13 Å². The van der Waals surface area contributed by atoms with Gasteiger partial charge in [0.15, 0.2) is 5.13 Å². The molecule has 0 saturated carbocycles. The monoisotopic (exact) mass is 337 g/mol. The number of thiazole rings is 1. The smallest absolute Gasteiger partial charge is 0.236 e. The molecule has 2 heterocycles. The highest BCUT2D eigenvalue weighted by Crippen LogP contribution is 2.21. The minimum atomic E-state index is -0.111. The van der Waals surface area contributed by atoms with Crippen LogP contribution < -0.4 is 5.32 Å². The molecule has 0 aromatic carbocycles. The summed E-state index contributed by atoms with van der Waals surface area (Å²) >= 11 is 2.77. The molecule has 8 heteroatoms. The lowest BCUT2D eigenvalue weighted by molar-refractivity contribution is -0.113. The number of nitrogens with zero attached hydrogens (tertiary/aromatic N) is 4. The van der Waals surface area contributed by atoms with Crippen molar-refractivity contribution in [2.75, 3.05) is 11.1 Å². The fourth-order valence-corrected chi connectivity index (χ4v) is 3.23. The predicted molar refractivity (Wildman–Crippen MR) is 89.5 cm³/mol. The first-order chi connectivity index (χ1) is 10.5. The number of hydrogen-bond acceptors (Lipinski definition) is 7. The lowest BCUT2D eigenvalue weighted by atomic mass is 10.2. The molecule has 0 unspecified atom stereocenters. The Morgan fingerprint density at radius 2 is 1.86 bits per heavy atom. The third-order valence-electron chi connectivity index (χ3n) is 3.10. The summed E-state index contributed by atoms with van der Waals surface area (Å²) < 4.78 is 0. The third kappa shape index (κ3) is 4.23. The fraction of sp³-hybridized carbons (Fsp3) is 0.500. The van der Waals surface area contributed by atoms with Gasteiger partial charge in [0.05, 0.1) is 22.8 Å². The molecule has 0 spiro atoms. The quantitative estimate of drug-likeness (QED) is 0.816. The Hall–Kier alpha value is -1.54. The summed E-state index contributed by atoms with van der Waals surface area (Å²) in [5.74, 6) is 0.133. The molecule has 0 fully saturated rings. The molecule has 1 N–H and O–H groups in total. The van der Waals surface area contributed by atoms with Gasteiger partial charge < -0.3 is 5.32 Å². The van der Waals surface area contributed by atoms with Gasteiger partial charge in [-0.05, 0) is 26.7 Å². The van der Waals surface area contributed by atoms with Gasteiger partial charge in [-0.15, -0.1) is 16.4 Å². The number of amides is 1. The highest BCUT2D eigenvalue weighted by molar-refractivity contribution is 7.99. The molecule has 0 radical (unpaired) electrons. The van der Waals surface area contributed by atoms with Gasteiger partial charge in [0.1, 0.15) is 0 Å².